The Labute approximate surface area is 282 Å². The van der Waals surface area contributed by atoms with E-state index in [1.54, 1.807) is 24.3 Å². The van der Waals surface area contributed by atoms with E-state index in [9.17, 15) is 24.0 Å². The van der Waals surface area contributed by atoms with Crippen molar-refractivity contribution in [3.8, 4) is 0 Å². The molecule has 0 aliphatic rings. The van der Waals surface area contributed by atoms with Crippen LogP contribution in [0.15, 0.2) is 35.3 Å². The summed E-state index contributed by atoms with van der Waals surface area (Å²) < 4.78 is 21.1. The van der Waals surface area contributed by atoms with Crippen molar-refractivity contribution in [1.82, 2.24) is 35.9 Å². The van der Waals surface area contributed by atoms with Gasteiger partial charge in [0, 0.05) is 44.0 Å². The summed E-state index contributed by atoms with van der Waals surface area (Å²) in [6.07, 6.45) is 3.51. The molecule has 18 nitrogen and oxygen atoms in total. The molecule has 0 spiro atoms. The highest BCUT2D eigenvalue weighted by Gasteiger charge is 2.23. The third-order valence-electron chi connectivity index (χ3n) is 6.78. The Kier molecular flexibility index (Phi) is 16.9. The van der Waals surface area contributed by atoms with Crippen molar-refractivity contribution >= 4 is 47.0 Å². The van der Waals surface area contributed by atoms with Crippen LogP contribution in [-0.4, -0.2) is 110 Å². The maximum absolute atomic E-state index is 12.9. The van der Waals surface area contributed by atoms with Crippen molar-refractivity contribution in [3.05, 3.63) is 52.1 Å². The van der Waals surface area contributed by atoms with E-state index in [0.717, 1.165) is 6.42 Å². The van der Waals surface area contributed by atoms with E-state index >= 15 is 0 Å². The van der Waals surface area contributed by atoms with Gasteiger partial charge < -0.3 is 45.9 Å². The number of benzene rings is 1. The Balaban J connectivity index is 1.30. The topological polar surface area (TPSA) is 251 Å². The Hall–Kier alpha value is -5.20. The Bertz CT molecular complexity index is 1550. The lowest BCUT2D eigenvalue weighted by Crippen LogP contribution is -2.42. The van der Waals surface area contributed by atoms with Crippen LogP contribution in [0.4, 0.5) is 11.6 Å². The van der Waals surface area contributed by atoms with E-state index in [4.69, 9.17) is 24.7 Å². The number of amides is 3. The number of fused-ring (bicyclic) bond motifs is 1. The number of anilines is 2. The molecule has 3 rings (SSSR count). The van der Waals surface area contributed by atoms with Gasteiger partial charge in [-0.25, -0.2) is 14.8 Å². The minimum atomic E-state index is -1.02. The number of rotatable bonds is 24. The normalized spacial score (nSPS) is 11.4. The second kappa shape index (κ2) is 21.6. The van der Waals surface area contributed by atoms with Crippen molar-refractivity contribution in [2.75, 3.05) is 70.9 Å². The van der Waals surface area contributed by atoms with Crippen molar-refractivity contribution < 1.29 is 38.1 Å². The second-order valence-electron chi connectivity index (χ2n) is 10.5. The highest BCUT2D eigenvalue weighted by molar-refractivity contribution is 5.97. The molecular formula is C31H43N9O9. The molecule has 3 amide bonds. The van der Waals surface area contributed by atoms with Gasteiger partial charge in [0.2, 0.25) is 18.3 Å². The second-order valence-corrected chi connectivity index (χ2v) is 10.5. The summed E-state index contributed by atoms with van der Waals surface area (Å²) in [6, 6.07) is 5.47. The number of nitrogens with two attached hydrogens (primary N) is 1. The van der Waals surface area contributed by atoms with Crippen molar-refractivity contribution in [2.45, 2.75) is 38.3 Å². The molecule has 0 saturated heterocycles. The number of hydrogen-bond acceptors (Lipinski definition) is 14. The molecular weight excluding hydrogens is 642 g/mol. The Morgan fingerprint density at radius 1 is 0.959 bits per heavy atom. The predicted molar refractivity (Wildman–Crippen MR) is 177 cm³/mol. The fourth-order valence-electron chi connectivity index (χ4n) is 4.26. The standard InChI is InChI=1S/C31H43N9O9/c1-46-30(45)24(8-9-25(42)34-11-3-13-48-15-17-49-16-14-47-12-2-10-33-20-41)38-28(43)21-4-6-22(7-5-21)35-18-23-19-36-27-26(37-23)29(44)40-31(32)39-27/h4-7,19-20,24,35H,2-3,8-18H2,1H3,(H,33,41)(H,34,42)(H,38,43)(H3,32,36,39,40,44)/t24-/m1/s1. The van der Waals surface area contributed by atoms with E-state index in [1.807, 2.05) is 0 Å². The smallest absolute Gasteiger partial charge is 0.328 e. The van der Waals surface area contributed by atoms with E-state index in [0.29, 0.717) is 82.5 Å². The van der Waals surface area contributed by atoms with E-state index in [2.05, 4.69) is 41.2 Å². The van der Waals surface area contributed by atoms with Gasteiger partial charge in [-0.3, -0.25) is 24.2 Å². The average molecular weight is 686 g/mol. The molecule has 18 heteroatoms. The highest BCUT2D eigenvalue weighted by Crippen LogP contribution is 2.12. The monoisotopic (exact) mass is 685 g/mol. The molecule has 1 aromatic carbocycles. The molecule has 266 valence electrons. The summed E-state index contributed by atoms with van der Waals surface area (Å²) in [6.45, 7) is 3.94. The minimum Gasteiger partial charge on any atom is -0.467 e. The number of ether oxygens (including phenoxy) is 4. The van der Waals surface area contributed by atoms with Crippen LogP contribution in [0, 0.1) is 0 Å². The summed E-state index contributed by atoms with van der Waals surface area (Å²) >= 11 is 0. The van der Waals surface area contributed by atoms with Crippen LogP contribution in [0.2, 0.25) is 0 Å². The van der Waals surface area contributed by atoms with Crippen LogP contribution in [0.5, 0.6) is 0 Å². The zero-order valence-corrected chi connectivity index (χ0v) is 27.3. The molecule has 2 heterocycles. The molecule has 0 saturated carbocycles. The van der Waals surface area contributed by atoms with Gasteiger partial charge >= 0.3 is 5.97 Å². The number of nitrogens with one attached hydrogen (secondary N) is 5. The fraction of sp³-hybridized carbons (Fsp3) is 0.484. The first-order valence-corrected chi connectivity index (χ1v) is 15.7. The van der Waals surface area contributed by atoms with Crippen LogP contribution >= 0.6 is 0 Å². The molecule has 49 heavy (non-hydrogen) atoms. The summed E-state index contributed by atoms with van der Waals surface area (Å²) in [5, 5.41) is 11.1. The average Bonchev–Trinajstić information content (AvgIpc) is 3.10. The van der Waals surface area contributed by atoms with Crippen molar-refractivity contribution in [1.29, 1.82) is 0 Å². The number of nitrogens with zero attached hydrogens (tertiary/aromatic N) is 3. The van der Waals surface area contributed by atoms with Crippen molar-refractivity contribution in [2.24, 2.45) is 0 Å². The summed E-state index contributed by atoms with van der Waals surface area (Å²) in [5.74, 6) is -1.49. The first-order valence-electron chi connectivity index (χ1n) is 15.7. The zero-order chi connectivity index (χ0) is 35.3. The molecule has 2 aromatic heterocycles. The molecule has 0 aliphatic carbocycles. The Morgan fingerprint density at radius 3 is 2.31 bits per heavy atom. The van der Waals surface area contributed by atoms with Crippen LogP contribution in [-0.2, 0) is 39.9 Å². The molecule has 0 unspecified atom stereocenters. The van der Waals surface area contributed by atoms with E-state index < -0.39 is 23.5 Å². The van der Waals surface area contributed by atoms with Crippen molar-refractivity contribution in [3.63, 3.8) is 0 Å². The third-order valence-corrected chi connectivity index (χ3v) is 6.78. The van der Waals surface area contributed by atoms with E-state index in [-0.39, 0.29) is 42.4 Å². The Morgan fingerprint density at radius 2 is 1.63 bits per heavy atom. The number of esters is 1. The zero-order valence-electron chi connectivity index (χ0n) is 27.3. The number of carbonyl (C=O) groups is 4. The van der Waals surface area contributed by atoms with Crippen LogP contribution in [0.1, 0.15) is 41.7 Å². The number of hydrogen-bond donors (Lipinski definition) is 6. The molecule has 1 atom stereocenters. The quantitative estimate of drug-likeness (QED) is 0.0401. The van der Waals surface area contributed by atoms with Gasteiger partial charge in [0.15, 0.2) is 11.2 Å². The third kappa shape index (κ3) is 14.2. The van der Waals surface area contributed by atoms with Gasteiger partial charge in [-0.2, -0.15) is 4.98 Å². The van der Waals surface area contributed by atoms with Crippen LogP contribution in [0.25, 0.3) is 11.2 Å². The fourth-order valence-corrected chi connectivity index (χ4v) is 4.26. The molecule has 3 aromatic rings. The maximum atomic E-state index is 12.9. The molecule has 7 N–H and O–H groups in total. The first-order chi connectivity index (χ1) is 23.8. The van der Waals surface area contributed by atoms with Crippen LogP contribution < -0.4 is 32.6 Å². The molecule has 0 radical (unpaired) electrons. The van der Waals surface area contributed by atoms with Crippen LogP contribution in [0.3, 0.4) is 0 Å². The first kappa shape index (κ1) is 38.2. The summed E-state index contributed by atoms with van der Waals surface area (Å²) in [7, 11) is 1.21. The van der Waals surface area contributed by atoms with E-state index in [1.165, 1.54) is 13.3 Å². The number of carbonyl (C=O) groups excluding carboxylic acids is 4. The van der Waals surface area contributed by atoms with Gasteiger partial charge in [0.1, 0.15) is 6.04 Å². The molecule has 0 aliphatic heterocycles. The predicted octanol–water partition coefficient (Wildman–Crippen LogP) is -0.349. The maximum Gasteiger partial charge on any atom is 0.328 e. The van der Waals surface area contributed by atoms with Gasteiger partial charge in [-0.1, -0.05) is 0 Å². The number of nitrogen functional groups attached to an aromatic ring is 1. The highest BCUT2D eigenvalue weighted by atomic mass is 16.5. The number of aromatic nitrogens is 4. The van der Waals surface area contributed by atoms with Gasteiger partial charge in [-0.05, 0) is 43.5 Å². The summed E-state index contributed by atoms with van der Waals surface area (Å²) in [4.78, 5) is 74.5. The number of H-pyrrole nitrogens is 1. The number of aromatic amines is 1. The molecule has 0 fully saturated rings. The number of methoxy groups -OCH3 is 1. The van der Waals surface area contributed by atoms with Gasteiger partial charge in [0.05, 0.1) is 52.0 Å². The van der Waals surface area contributed by atoms with Gasteiger partial charge in [-0.15, -0.1) is 0 Å². The molecule has 0 bridgehead atoms. The lowest BCUT2D eigenvalue weighted by molar-refractivity contribution is -0.143. The lowest BCUT2D eigenvalue weighted by Gasteiger charge is -2.16. The minimum absolute atomic E-state index is 0.000250. The lowest BCUT2D eigenvalue weighted by atomic mass is 10.1. The SMILES string of the molecule is COC(=O)[C@@H](CCC(=O)NCCCOCCOCCOCCCNC=O)NC(=O)c1ccc(NCc2cnc3nc(N)[nH]c(=O)c3n2)cc1. The largest absolute Gasteiger partial charge is 0.467 e. The summed E-state index contributed by atoms with van der Waals surface area (Å²) in [5.41, 5.74) is 6.70. The van der Waals surface area contributed by atoms with Gasteiger partial charge in [0.25, 0.3) is 11.5 Å².